The molecule has 9 heteroatoms. The first-order valence-electron chi connectivity index (χ1n) is 11.4. The van der Waals surface area contributed by atoms with Gasteiger partial charge >= 0.3 is 0 Å². The van der Waals surface area contributed by atoms with Crippen LogP contribution in [0.25, 0.3) is 0 Å². The highest BCUT2D eigenvalue weighted by Crippen LogP contribution is 2.33. The Hall–Kier alpha value is -3.46. The molecule has 3 aliphatic heterocycles. The van der Waals surface area contributed by atoms with Crippen LogP contribution >= 0.6 is 0 Å². The Balaban J connectivity index is 1.25. The van der Waals surface area contributed by atoms with Crippen molar-refractivity contribution in [3.8, 4) is 11.5 Å². The molecular formula is C24H29N5O4. The van der Waals surface area contributed by atoms with Gasteiger partial charge in [-0.15, -0.1) is 0 Å². The Morgan fingerprint density at radius 1 is 0.788 bits per heavy atom. The number of hydrogen-bond acceptors (Lipinski definition) is 7. The molecule has 2 saturated heterocycles. The minimum absolute atomic E-state index is 0.0138. The number of rotatable bonds is 3. The van der Waals surface area contributed by atoms with E-state index in [4.69, 9.17) is 15.2 Å². The summed E-state index contributed by atoms with van der Waals surface area (Å²) in [4.78, 5) is 31.8. The van der Waals surface area contributed by atoms with Crippen LogP contribution in [0.1, 0.15) is 27.1 Å². The number of carbonyl (C=O) groups excluding carboxylic acids is 2. The molecule has 0 aromatic heterocycles. The monoisotopic (exact) mass is 451 g/mol. The minimum Gasteiger partial charge on any atom is -0.454 e. The van der Waals surface area contributed by atoms with Crippen LogP contribution in [0.5, 0.6) is 11.5 Å². The average Bonchev–Trinajstić information content (AvgIpc) is 3.19. The predicted molar refractivity (Wildman–Crippen MR) is 125 cm³/mol. The van der Waals surface area contributed by atoms with Crippen LogP contribution in [0, 0.1) is 0 Å². The Bertz CT molecular complexity index is 1050. The van der Waals surface area contributed by atoms with Crippen molar-refractivity contribution in [3.05, 3.63) is 47.5 Å². The van der Waals surface area contributed by atoms with Gasteiger partial charge in [0, 0.05) is 63.5 Å². The van der Waals surface area contributed by atoms with Crippen molar-refractivity contribution in [1.82, 2.24) is 15.1 Å². The fourth-order valence-corrected chi connectivity index (χ4v) is 4.60. The molecule has 3 aliphatic rings. The molecule has 0 atom stereocenters. The number of hydrogen-bond donors (Lipinski definition) is 2. The van der Waals surface area contributed by atoms with Crippen LogP contribution in [0.4, 0.5) is 11.4 Å². The highest BCUT2D eigenvalue weighted by molar-refractivity contribution is 5.96. The van der Waals surface area contributed by atoms with Gasteiger partial charge in [0.1, 0.15) is 0 Å². The molecule has 5 rings (SSSR count). The SMILES string of the molecule is Nc1cc(C(=O)N2CCNCC2)ccc1N1CCCN(C(=O)c2ccc3c(c2)OCO3)CC1. The van der Waals surface area contributed by atoms with Crippen LogP contribution < -0.4 is 25.4 Å². The van der Waals surface area contributed by atoms with Crippen molar-refractivity contribution in [2.45, 2.75) is 6.42 Å². The molecule has 0 radical (unpaired) electrons. The van der Waals surface area contributed by atoms with Crippen molar-refractivity contribution in [3.63, 3.8) is 0 Å². The van der Waals surface area contributed by atoms with Crippen LogP contribution in [0.2, 0.25) is 0 Å². The fourth-order valence-electron chi connectivity index (χ4n) is 4.60. The third-order valence-electron chi connectivity index (χ3n) is 6.42. The standard InChI is InChI=1S/C24H29N5O4/c25-19-14-17(23(30)29-10-6-26-7-11-29)2-4-20(19)27-8-1-9-28(13-12-27)24(31)18-3-5-21-22(15-18)33-16-32-21/h2-5,14-15,26H,1,6-13,16,25H2. The van der Waals surface area contributed by atoms with E-state index in [1.165, 1.54) is 0 Å². The normalized spacial score (nSPS) is 18.2. The lowest BCUT2D eigenvalue weighted by molar-refractivity contribution is 0.0734. The average molecular weight is 452 g/mol. The summed E-state index contributed by atoms with van der Waals surface area (Å²) in [5, 5.41) is 3.26. The predicted octanol–water partition coefficient (Wildman–Crippen LogP) is 1.40. The first kappa shape index (κ1) is 21.4. The number of fused-ring (bicyclic) bond motifs is 1. The van der Waals surface area contributed by atoms with Gasteiger partial charge < -0.3 is 35.2 Å². The van der Waals surface area contributed by atoms with Gasteiger partial charge in [-0.1, -0.05) is 0 Å². The first-order valence-corrected chi connectivity index (χ1v) is 11.4. The highest BCUT2D eigenvalue weighted by Gasteiger charge is 2.24. The molecule has 0 saturated carbocycles. The lowest BCUT2D eigenvalue weighted by Crippen LogP contribution is -2.46. The molecule has 2 amide bonds. The van der Waals surface area contributed by atoms with Crippen LogP contribution in [0.15, 0.2) is 36.4 Å². The summed E-state index contributed by atoms with van der Waals surface area (Å²) < 4.78 is 10.7. The molecule has 0 aliphatic carbocycles. The number of anilines is 2. The maximum absolute atomic E-state index is 13.1. The number of amides is 2. The van der Waals surface area contributed by atoms with E-state index in [0.717, 1.165) is 31.7 Å². The van der Waals surface area contributed by atoms with E-state index in [1.54, 1.807) is 24.3 Å². The number of piperazine rings is 1. The first-order chi connectivity index (χ1) is 16.1. The number of carbonyl (C=O) groups is 2. The van der Waals surface area contributed by atoms with Crippen LogP contribution in [-0.4, -0.2) is 80.8 Å². The van der Waals surface area contributed by atoms with Gasteiger partial charge in [0.05, 0.1) is 11.4 Å². The third kappa shape index (κ3) is 4.41. The van der Waals surface area contributed by atoms with E-state index in [0.29, 0.717) is 61.0 Å². The molecule has 3 heterocycles. The molecule has 33 heavy (non-hydrogen) atoms. The summed E-state index contributed by atoms with van der Waals surface area (Å²) in [5.41, 5.74) is 9.09. The minimum atomic E-state index is -0.0138. The van der Waals surface area contributed by atoms with Crippen LogP contribution in [0.3, 0.4) is 0 Å². The number of nitrogens with zero attached hydrogens (tertiary/aromatic N) is 3. The zero-order valence-electron chi connectivity index (χ0n) is 18.6. The number of benzene rings is 2. The number of nitrogen functional groups attached to an aromatic ring is 1. The summed E-state index contributed by atoms with van der Waals surface area (Å²) in [7, 11) is 0. The number of nitrogens with two attached hydrogens (primary N) is 1. The molecule has 9 nitrogen and oxygen atoms in total. The molecule has 2 aromatic carbocycles. The van der Waals surface area contributed by atoms with Gasteiger partial charge in [0.25, 0.3) is 11.8 Å². The van der Waals surface area contributed by atoms with Gasteiger partial charge in [0.15, 0.2) is 11.5 Å². The second kappa shape index (κ2) is 9.19. The zero-order chi connectivity index (χ0) is 22.8. The number of nitrogens with one attached hydrogen (secondary N) is 1. The van der Waals surface area contributed by atoms with Crippen molar-refractivity contribution in [2.75, 3.05) is 69.8 Å². The summed E-state index contributed by atoms with van der Waals surface area (Å²) in [6.07, 6.45) is 0.831. The lowest BCUT2D eigenvalue weighted by Gasteiger charge is -2.28. The van der Waals surface area contributed by atoms with Gasteiger partial charge in [-0.2, -0.15) is 0 Å². The molecule has 2 aromatic rings. The third-order valence-corrected chi connectivity index (χ3v) is 6.42. The maximum Gasteiger partial charge on any atom is 0.254 e. The second-order valence-corrected chi connectivity index (χ2v) is 8.52. The van der Waals surface area contributed by atoms with E-state index in [2.05, 4.69) is 10.2 Å². The molecule has 174 valence electrons. The quantitative estimate of drug-likeness (QED) is 0.681. The van der Waals surface area contributed by atoms with E-state index in [1.807, 2.05) is 21.9 Å². The zero-order valence-corrected chi connectivity index (χ0v) is 18.6. The lowest BCUT2D eigenvalue weighted by atomic mass is 10.1. The van der Waals surface area contributed by atoms with Crippen molar-refractivity contribution < 1.29 is 19.1 Å². The Morgan fingerprint density at radius 2 is 1.48 bits per heavy atom. The number of ether oxygens (including phenoxy) is 2. The molecular weight excluding hydrogens is 422 g/mol. The Morgan fingerprint density at radius 3 is 2.27 bits per heavy atom. The summed E-state index contributed by atoms with van der Waals surface area (Å²) >= 11 is 0. The largest absolute Gasteiger partial charge is 0.454 e. The molecule has 2 fully saturated rings. The smallest absolute Gasteiger partial charge is 0.254 e. The Labute approximate surface area is 193 Å². The van der Waals surface area contributed by atoms with Crippen molar-refractivity contribution in [1.29, 1.82) is 0 Å². The van der Waals surface area contributed by atoms with Gasteiger partial charge in [-0.05, 0) is 42.8 Å². The molecule has 0 spiro atoms. The van der Waals surface area contributed by atoms with Crippen molar-refractivity contribution >= 4 is 23.2 Å². The van der Waals surface area contributed by atoms with E-state index < -0.39 is 0 Å². The fraction of sp³-hybridized carbons (Fsp3) is 0.417. The second-order valence-electron chi connectivity index (χ2n) is 8.52. The molecule has 3 N–H and O–H groups in total. The molecule has 0 unspecified atom stereocenters. The maximum atomic E-state index is 13.1. The van der Waals surface area contributed by atoms with E-state index in [-0.39, 0.29) is 18.6 Å². The highest BCUT2D eigenvalue weighted by atomic mass is 16.7. The van der Waals surface area contributed by atoms with Gasteiger partial charge in [0.2, 0.25) is 6.79 Å². The summed E-state index contributed by atoms with van der Waals surface area (Å²) in [6, 6.07) is 10.9. The van der Waals surface area contributed by atoms with Crippen LogP contribution in [-0.2, 0) is 0 Å². The van der Waals surface area contributed by atoms with E-state index in [9.17, 15) is 9.59 Å². The van der Waals surface area contributed by atoms with Crippen molar-refractivity contribution in [2.24, 2.45) is 0 Å². The summed E-state index contributed by atoms with van der Waals surface area (Å²) in [5.74, 6) is 1.29. The summed E-state index contributed by atoms with van der Waals surface area (Å²) in [6.45, 7) is 5.96. The molecule has 0 bridgehead atoms. The Kier molecular flexibility index (Phi) is 5.95. The van der Waals surface area contributed by atoms with Gasteiger partial charge in [-0.25, -0.2) is 0 Å². The van der Waals surface area contributed by atoms with E-state index >= 15 is 0 Å². The van der Waals surface area contributed by atoms with Gasteiger partial charge in [-0.3, -0.25) is 9.59 Å². The topological polar surface area (TPSA) is 100 Å².